The Morgan fingerprint density at radius 2 is 1.76 bits per heavy atom. The summed E-state index contributed by atoms with van der Waals surface area (Å²) in [6, 6.07) is 16.0. The molecule has 0 bridgehead atoms. The van der Waals surface area contributed by atoms with E-state index < -0.39 is 11.2 Å². The molecule has 1 atom stereocenters. The fraction of sp³-hybridized carbons (Fsp3) is 0.238. The first-order chi connectivity index (χ1) is 14.0. The van der Waals surface area contributed by atoms with E-state index >= 15 is 0 Å². The highest BCUT2D eigenvalue weighted by atomic mass is 32.2. The second-order valence-corrected chi connectivity index (χ2v) is 8.20. The highest BCUT2D eigenvalue weighted by molar-refractivity contribution is 8.00. The topological polar surface area (TPSA) is 93.1 Å². The molecule has 0 aliphatic heterocycles. The quantitative estimate of drug-likeness (QED) is 0.385. The van der Waals surface area contributed by atoms with Crippen LogP contribution in [0.5, 0.6) is 0 Å². The summed E-state index contributed by atoms with van der Waals surface area (Å²) in [6.45, 7) is 1.72. The molecule has 3 aromatic rings. The van der Waals surface area contributed by atoms with Crippen LogP contribution in [-0.2, 0) is 4.79 Å². The van der Waals surface area contributed by atoms with Gasteiger partial charge in [0.2, 0.25) is 0 Å². The molecule has 1 heterocycles. The number of carbonyl (C=O) groups is 2. The predicted octanol–water partition coefficient (Wildman–Crippen LogP) is 2.67. The van der Waals surface area contributed by atoms with Crippen molar-refractivity contribution < 1.29 is 9.59 Å². The summed E-state index contributed by atoms with van der Waals surface area (Å²) < 4.78 is 1.69. The molecule has 1 aliphatic carbocycles. The number of thioether (sulfide) groups is 1. The van der Waals surface area contributed by atoms with Crippen LogP contribution in [0.15, 0.2) is 64.5 Å². The van der Waals surface area contributed by atoms with E-state index in [0.717, 1.165) is 12.8 Å². The lowest BCUT2D eigenvalue weighted by Gasteiger charge is -2.16. The number of para-hydroxylation sites is 1. The van der Waals surface area contributed by atoms with E-state index in [1.807, 2.05) is 18.2 Å². The molecule has 0 spiro atoms. The van der Waals surface area contributed by atoms with E-state index in [2.05, 4.69) is 15.8 Å². The molecule has 0 radical (unpaired) electrons. The first-order valence-electron chi connectivity index (χ1n) is 9.38. The lowest BCUT2D eigenvalue weighted by atomic mass is 10.2. The lowest BCUT2D eigenvalue weighted by molar-refractivity contribution is -0.121. The van der Waals surface area contributed by atoms with Gasteiger partial charge in [0.15, 0.2) is 5.16 Å². The van der Waals surface area contributed by atoms with Crippen LogP contribution in [0, 0.1) is 0 Å². The number of hydrogen-bond acceptors (Lipinski definition) is 5. The number of nitrogens with one attached hydrogen (secondary N) is 2. The summed E-state index contributed by atoms with van der Waals surface area (Å²) in [5.41, 5.74) is 5.84. The minimum absolute atomic E-state index is 0.0782. The Morgan fingerprint density at radius 3 is 2.48 bits per heavy atom. The van der Waals surface area contributed by atoms with Crippen molar-refractivity contribution in [2.45, 2.75) is 36.2 Å². The van der Waals surface area contributed by atoms with E-state index in [-0.39, 0.29) is 17.5 Å². The van der Waals surface area contributed by atoms with Crippen LogP contribution in [0.25, 0.3) is 10.9 Å². The first-order valence-corrected chi connectivity index (χ1v) is 10.3. The van der Waals surface area contributed by atoms with Gasteiger partial charge in [0.25, 0.3) is 17.4 Å². The Balaban J connectivity index is 1.49. The zero-order valence-corrected chi connectivity index (χ0v) is 16.6. The minimum atomic E-state index is -0.552. The number of rotatable bonds is 5. The molecule has 1 aliphatic rings. The van der Waals surface area contributed by atoms with Crippen molar-refractivity contribution in [1.29, 1.82) is 0 Å². The molecule has 29 heavy (non-hydrogen) atoms. The van der Waals surface area contributed by atoms with Gasteiger partial charge in [0.1, 0.15) is 0 Å². The predicted molar refractivity (Wildman–Crippen MR) is 112 cm³/mol. The van der Waals surface area contributed by atoms with Gasteiger partial charge in [-0.1, -0.05) is 42.1 Å². The lowest BCUT2D eigenvalue weighted by Crippen LogP contribution is -2.45. The highest BCUT2D eigenvalue weighted by Gasteiger charge is 2.30. The van der Waals surface area contributed by atoms with E-state index in [9.17, 15) is 14.4 Å². The molecule has 4 rings (SSSR count). The van der Waals surface area contributed by atoms with Crippen LogP contribution in [0.4, 0.5) is 0 Å². The number of hydrazine groups is 1. The van der Waals surface area contributed by atoms with Crippen molar-refractivity contribution in [2.75, 3.05) is 0 Å². The van der Waals surface area contributed by atoms with Gasteiger partial charge in [0.05, 0.1) is 16.2 Å². The maximum atomic E-state index is 12.9. The fourth-order valence-corrected chi connectivity index (χ4v) is 3.94. The van der Waals surface area contributed by atoms with Gasteiger partial charge in [-0.3, -0.25) is 29.8 Å². The summed E-state index contributed by atoms with van der Waals surface area (Å²) in [7, 11) is 0. The van der Waals surface area contributed by atoms with E-state index in [4.69, 9.17) is 0 Å². The molecular formula is C21H20N4O3S. The molecule has 1 fully saturated rings. The number of aromatic nitrogens is 2. The van der Waals surface area contributed by atoms with Gasteiger partial charge < -0.3 is 0 Å². The molecule has 2 N–H and O–H groups in total. The summed E-state index contributed by atoms with van der Waals surface area (Å²) in [6.07, 6.45) is 1.86. The van der Waals surface area contributed by atoms with Gasteiger partial charge in [-0.25, -0.2) is 4.98 Å². The van der Waals surface area contributed by atoms with Crippen LogP contribution < -0.4 is 16.4 Å². The standard InChI is InChI=1S/C21H20N4O3S/c1-13(18(26)23-24-19(27)14-7-3-2-4-8-14)29-21-22-17-10-6-5-9-16(17)20(28)25(21)15-11-12-15/h2-10,13,15H,11-12H2,1H3,(H,23,26)(H,24,27)/t13-/m1/s1. The summed E-state index contributed by atoms with van der Waals surface area (Å²) in [4.78, 5) is 42.1. The number of nitrogens with zero attached hydrogens (tertiary/aromatic N) is 2. The van der Waals surface area contributed by atoms with Crippen LogP contribution in [0.2, 0.25) is 0 Å². The van der Waals surface area contributed by atoms with Crippen LogP contribution in [0.1, 0.15) is 36.2 Å². The van der Waals surface area contributed by atoms with Crippen molar-refractivity contribution in [3.05, 3.63) is 70.5 Å². The zero-order valence-electron chi connectivity index (χ0n) is 15.8. The van der Waals surface area contributed by atoms with Crippen LogP contribution in [-0.4, -0.2) is 26.6 Å². The number of fused-ring (bicyclic) bond motifs is 1. The molecule has 1 saturated carbocycles. The van der Waals surface area contributed by atoms with Gasteiger partial charge >= 0.3 is 0 Å². The highest BCUT2D eigenvalue weighted by Crippen LogP contribution is 2.37. The Hall–Kier alpha value is -3.13. The number of hydrogen-bond donors (Lipinski definition) is 2. The average Bonchev–Trinajstić information content (AvgIpc) is 3.57. The second-order valence-electron chi connectivity index (χ2n) is 6.89. The molecule has 0 saturated heterocycles. The van der Waals surface area contributed by atoms with Crippen molar-refractivity contribution in [2.24, 2.45) is 0 Å². The zero-order chi connectivity index (χ0) is 20.4. The molecule has 7 nitrogen and oxygen atoms in total. The molecule has 1 aromatic heterocycles. The van der Waals surface area contributed by atoms with Crippen LogP contribution >= 0.6 is 11.8 Å². The summed E-state index contributed by atoms with van der Waals surface area (Å²) >= 11 is 1.21. The van der Waals surface area contributed by atoms with Crippen molar-refractivity contribution in [3.63, 3.8) is 0 Å². The molecule has 0 unspecified atom stereocenters. The Morgan fingerprint density at radius 1 is 1.07 bits per heavy atom. The smallest absolute Gasteiger partial charge is 0.269 e. The minimum Gasteiger partial charge on any atom is -0.284 e. The average molecular weight is 408 g/mol. The van der Waals surface area contributed by atoms with Gasteiger partial charge in [-0.15, -0.1) is 0 Å². The van der Waals surface area contributed by atoms with Gasteiger partial charge in [-0.05, 0) is 44.0 Å². The molecule has 148 valence electrons. The maximum Gasteiger partial charge on any atom is 0.269 e. The number of amides is 2. The Kier molecular flexibility index (Phi) is 5.35. The summed E-state index contributed by atoms with van der Waals surface area (Å²) in [5, 5.41) is 0.549. The molecule has 2 aromatic carbocycles. The Labute approximate surface area is 171 Å². The van der Waals surface area contributed by atoms with Crippen LogP contribution in [0.3, 0.4) is 0 Å². The molecule has 8 heteroatoms. The monoisotopic (exact) mass is 408 g/mol. The third-order valence-corrected chi connectivity index (χ3v) is 5.74. The van der Waals surface area contributed by atoms with Gasteiger partial charge in [-0.2, -0.15) is 0 Å². The second kappa shape index (κ2) is 8.08. The van der Waals surface area contributed by atoms with Crippen molar-refractivity contribution in [3.8, 4) is 0 Å². The summed E-state index contributed by atoms with van der Waals surface area (Å²) in [5.74, 6) is -0.765. The van der Waals surface area contributed by atoms with Crippen molar-refractivity contribution in [1.82, 2.24) is 20.4 Å². The van der Waals surface area contributed by atoms with E-state index in [0.29, 0.717) is 21.6 Å². The largest absolute Gasteiger partial charge is 0.284 e. The Bertz CT molecular complexity index is 1130. The van der Waals surface area contributed by atoms with E-state index in [1.165, 1.54) is 11.8 Å². The maximum absolute atomic E-state index is 12.9. The van der Waals surface area contributed by atoms with E-state index in [1.54, 1.807) is 47.9 Å². The number of benzene rings is 2. The molecular weight excluding hydrogens is 388 g/mol. The fourth-order valence-electron chi connectivity index (χ4n) is 2.96. The molecule has 2 amide bonds. The first kappa shape index (κ1) is 19.2. The third-order valence-electron chi connectivity index (χ3n) is 4.67. The third kappa shape index (κ3) is 4.17. The van der Waals surface area contributed by atoms with Gasteiger partial charge in [0, 0.05) is 11.6 Å². The van der Waals surface area contributed by atoms with Crippen molar-refractivity contribution >= 4 is 34.5 Å². The SMILES string of the molecule is C[C@@H](Sc1nc2ccccc2c(=O)n1C1CC1)C(=O)NNC(=O)c1ccccc1. The normalized spacial score (nSPS) is 14.4. The number of carbonyl (C=O) groups excluding carboxylic acids is 2.